The first-order chi connectivity index (χ1) is 7.75. The van der Waals surface area contributed by atoms with Gasteiger partial charge < -0.3 is 10.1 Å². The molecule has 0 aliphatic carbocycles. The lowest BCUT2D eigenvalue weighted by molar-refractivity contribution is -0.113. The number of hydrogen-bond donors (Lipinski definition) is 1. The van der Waals surface area contributed by atoms with Crippen molar-refractivity contribution in [2.24, 2.45) is 0 Å². The Bertz CT molecular complexity index is 449. The number of dihydropyridines is 1. The van der Waals surface area contributed by atoms with Gasteiger partial charge in [0, 0.05) is 24.5 Å². The van der Waals surface area contributed by atoms with Gasteiger partial charge in [0.15, 0.2) is 11.7 Å². The monoisotopic (exact) mass is 216 g/mol. The molecule has 0 saturated heterocycles. The zero-order valence-corrected chi connectivity index (χ0v) is 8.93. The summed E-state index contributed by atoms with van der Waals surface area (Å²) in [6, 6.07) is 3.54. The fraction of sp³-hybridized carbons (Fsp3) is 0.167. The summed E-state index contributed by atoms with van der Waals surface area (Å²) in [7, 11) is 0. The van der Waals surface area contributed by atoms with Crippen LogP contribution < -0.4 is 10.1 Å². The molecule has 2 rings (SSSR count). The van der Waals surface area contributed by atoms with E-state index in [1.807, 2.05) is 0 Å². The first-order valence-electron chi connectivity index (χ1n) is 4.99. The number of aromatic nitrogens is 1. The lowest BCUT2D eigenvalue weighted by atomic mass is 10.1. The van der Waals surface area contributed by atoms with Crippen LogP contribution in [0.5, 0.6) is 5.75 Å². The second kappa shape index (κ2) is 4.61. The molecule has 82 valence electrons. The Morgan fingerprint density at radius 1 is 1.38 bits per heavy atom. The molecule has 0 fully saturated rings. The van der Waals surface area contributed by atoms with Gasteiger partial charge in [-0.3, -0.25) is 9.78 Å². The third-order valence-corrected chi connectivity index (χ3v) is 2.22. The van der Waals surface area contributed by atoms with Gasteiger partial charge in [0.1, 0.15) is 5.75 Å². The molecule has 1 aliphatic heterocycles. The van der Waals surface area contributed by atoms with E-state index in [-0.39, 0.29) is 5.78 Å². The highest BCUT2D eigenvalue weighted by atomic mass is 16.5. The van der Waals surface area contributed by atoms with Crippen molar-refractivity contribution in [3.05, 3.63) is 48.1 Å². The normalized spacial score (nSPS) is 14.6. The SMILES string of the molecule is CC(=O)C1=CC=C(Oc2ccncc2)NC1. The van der Waals surface area contributed by atoms with Crippen LogP contribution in [-0.2, 0) is 4.79 Å². The lowest BCUT2D eigenvalue weighted by Gasteiger charge is -2.16. The maximum atomic E-state index is 11.1. The number of ketones is 1. The van der Waals surface area contributed by atoms with E-state index in [0.717, 1.165) is 5.57 Å². The van der Waals surface area contributed by atoms with Crippen molar-refractivity contribution >= 4 is 5.78 Å². The summed E-state index contributed by atoms with van der Waals surface area (Å²) in [6.45, 7) is 2.06. The summed E-state index contributed by atoms with van der Waals surface area (Å²) in [4.78, 5) is 15.0. The van der Waals surface area contributed by atoms with E-state index in [4.69, 9.17) is 4.74 Å². The van der Waals surface area contributed by atoms with Crippen molar-refractivity contribution in [2.45, 2.75) is 6.92 Å². The van der Waals surface area contributed by atoms with Gasteiger partial charge in [0.2, 0.25) is 0 Å². The van der Waals surface area contributed by atoms with Crippen LogP contribution in [0.2, 0.25) is 0 Å². The quantitative estimate of drug-likeness (QED) is 0.830. The molecular formula is C12H12N2O2. The largest absolute Gasteiger partial charge is 0.441 e. The van der Waals surface area contributed by atoms with Crippen molar-refractivity contribution < 1.29 is 9.53 Å². The van der Waals surface area contributed by atoms with Crippen molar-refractivity contribution in [3.63, 3.8) is 0 Å². The number of ether oxygens (including phenoxy) is 1. The maximum absolute atomic E-state index is 11.1. The van der Waals surface area contributed by atoms with Crippen LogP contribution in [0.4, 0.5) is 0 Å². The van der Waals surface area contributed by atoms with Crippen molar-refractivity contribution in [1.29, 1.82) is 0 Å². The number of nitrogens with zero attached hydrogens (tertiary/aromatic N) is 1. The summed E-state index contributed by atoms with van der Waals surface area (Å²) in [6.07, 6.45) is 6.85. The third kappa shape index (κ3) is 2.48. The first-order valence-corrected chi connectivity index (χ1v) is 4.99. The molecule has 1 aliphatic rings. The molecule has 1 aromatic rings. The third-order valence-electron chi connectivity index (χ3n) is 2.22. The molecule has 16 heavy (non-hydrogen) atoms. The van der Waals surface area contributed by atoms with E-state index in [1.165, 1.54) is 0 Å². The molecule has 0 bridgehead atoms. The zero-order valence-electron chi connectivity index (χ0n) is 8.93. The predicted octanol–water partition coefficient (Wildman–Crippen LogP) is 1.42. The number of carbonyl (C=O) groups is 1. The number of Topliss-reactive ketones (excluding diaryl/α,β-unsaturated/α-hetero) is 1. The van der Waals surface area contributed by atoms with Gasteiger partial charge in [0.25, 0.3) is 0 Å². The average molecular weight is 216 g/mol. The van der Waals surface area contributed by atoms with Crippen LogP contribution in [0.15, 0.2) is 48.1 Å². The fourth-order valence-electron chi connectivity index (χ4n) is 1.32. The van der Waals surface area contributed by atoms with E-state index in [9.17, 15) is 4.79 Å². The summed E-state index contributed by atoms with van der Waals surface area (Å²) in [5.41, 5.74) is 0.752. The molecule has 0 unspecified atom stereocenters. The predicted molar refractivity (Wildman–Crippen MR) is 59.7 cm³/mol. The number of rotatable bonds is 3. The molecule has 0 saturated carbocycles. The van der Waals surface area contributed by atoms with Crippen LogP contribution in [0.3, 0.4) is 0 Å². The maximum Gasteiger partial charge on any atom is 0.193 e. The van der Waals surface area contributed by atoms with E-state index < -0.39 is 0 Å². The number of allylic oxidation sites excluding steroid dienone is 2. The van der Waals surface area contributed by atoms with Gasteiger partial charge in [-0.1, -0.05) is 0 Å². The Balaban J connectivity index is 2.06. The van der Waals surface area contributed by atoms with Crippen LogP contribution in [-0.4, -0.2) is 17.3 Å². The zero-order chi connectivity index (χ0) is 11.4. The summed E-state index contributed by atoms with van der Waals surface area (Å²) in [5.74, 6) is 1.43. The Labute approximate surface area is 93.6 Å². The molecule has 0 spiro atoms. The van der Waals surface area contributed by atoms with Gasteiger partial charge in [-0.15, -0.1) is 0 Å². The van der Waals surface area contributed by atoms with Crippen molar-refractivity contribution in [2.75, 3.05) is 6.54 Å². The van der Waals surface area contributed by atoms with E-state index >= 15 is 0 Å². The second-order valence-electron chi connectivity index (χ2n) is 3.42. The van der Waals surface area contributed by atoms with E-state index in [2.05, 4.69) is 10.3 Å². The Morgan fingerprint density at radius 3 is 2.69 bits per heavy atom. The van der Waals surface area contributed by atoms with Gasteiger partial charge >= 0.3 is 0 Å². The first kappa shape index (κ1) is 10.4. The van der Waals surface area contributed by atoms with Gasteiger partial charge in [-0.05, 0) is 31.2 Å². The van der Waals surface area contributed by atoms with Gasteiger partial charge in [-0.2, -0.15) is 0 Å². The van der Waals surface area contributed by atoms with Crippen LogP contribution in [0.1, 0.15) is 6.92 Å². The molecule has 4 heteroatoms. The van der Waals surface area contributed by atoms with Crippen molar-refractivity contribution in [1.82, 2.24) is 10.3 Å². The number of pyridine rings is 1. The minimum Gasteiger partial charge on any atom is -0.441 e. The summed E-state index contributed by atoms with van der Waals surface area (Å²) in [5, 5.41) is 3.03. The van der Waals surface area contributed by atoms with Crippen LogP contribution >= 0.6 is 0 Å². The second-order valence-corrected chi connectivity index (χ2v) is 3.42. The molecule has 4 nitrogen and oxygen atoms in total. The Hall–Kier alpha value is -2.10. The van der Waals surface area contributed by atoms with E-state index in [0.29, 0.717) is 18.2 Å². The number of carbonyl (C=O) groups excluding carboxylic acids is 1. The van der Waals surface area contributed by atoms with Crippen LogP contribution in [0.25, 0.3) is 0 Å². The molecule has 0 amide bonds. The standard InChI is InChI=1S/C12H12N2O2/c1-9(15)10-2-3-12(14-8-10)16-11-4-6-13-7-5-11/h2-7,14H,8H2,1H3. The van der Waals surface area contributed by atoms with Crippen molar-refractivity contribution in [3.8, 4) is 5.75 Å². The summed E-state index contributed by atoms with van der Waals surface area (Å²) >= 11 is 0. The number of hydrogen-bond acceptors (Lipinski definition) is 4. The lowest BCUT2D eigenvalue weighted by Crippen LogP contribution is -2.25. The minimum atomic E-state index is 0.0757. The van der Waals surface area contributed by atoms with Crippen LogP contribution in [0, 0.1) is 0 Å². The highest BCUT2D eigenvalue weighted by molar-refractivity contribution is 5.94. The molecular weight excluding hydrogens is 204 g/mol. The highest BCUT2D eigenvalue weighted by Crippen LogP contribution is 2.13. The van der Waals surface area contributed by atoms with E-state index in [1.54, 1.807) is 43.6 Å². The van der Waals surface area contributed by atoms with Gasteiger partial charge in [0.05, 0.1) is 0 Å². The minimum absolute atomic E-state index is 0.0757. The molecule has 0 aromatic carbocycles. The number of nitrogens with one attached hydrogen (secondary N) is 1. The average Bonchev–Trinajstić information content (AvgIpc) is 2.31. The molecule has 0 radical (unpaired) electrons. The Kier molecular flexibility index (Phi) is 3.00. The molecule has 1 N–H and O–H groups in total. The summed E-state index contributed by atoms with van der Waals surface area (Å²) < 4.78 is 5.54. The topological polar surface area (TPSA) is 51.2 Å². The molecule has 1 aromatic heterocycles. The smallest absolute Gasteiger partial charge is 0.193 e. The fourth-order valence-corrected chi connectivity index (χ4v) is 1.32. The molecule has 0 atom stereocenters. The molecule has 2 heterocycles. The van der Waals surface area contributed by atoms with Gasteiger partial charge in [-0.25, -0.2) is 0 Å². The Morgan fingerprint density at radius 2 is 2.12 bits per heavy atom. The highest BCUT2D eigenvalue weighted by Gasteiger charge is 2.09.